The molecule has 0 bridgehead atoms. The molecule has 1 fully saturated rings. The molecule has 1 aliphatic heterocycles. The zero-order chi connectivity index (χ0) is 15.2. The van der Waals surface area contributed by atoms with Crippen molar-refractivity contribution in [3.63, 3.8) is 0 Å². The summed E-state index contributed by atoms with van der Waals surface area (Å²) in [5.74, 6) is 2.29. The summed E-state index contributed by atoms with van der Waals surface area (Å²) < 4.78 is 5.69. The van der Waals surface area contributed by atoms with Gasteiger partial charge in [0.05, 0.1) is 5.69 Å². The molecule has 1 atom stereocenters. The van der Waals surface area contributed by atoms with E-state index in [9.17, 15) is 0 Å². The first-order valence-electron chi connectivity index (χ1n) is 8.46. The smallest absolute Gasteiger partial charge is 0.297 e. The molecule has 1 aromatic heterocycles. The van der Waals surface area contributed by atoms with E-state index in [-0.39, 0.29) is 0 Å². The Balaban J connectivity index is 1.86. The number of aromatic nitrogens is 1. The molecule has 1 aromatic rings. The highest BCUT2D eigenvalue weighted by molar-refractivity contribution is 5.27. The van der Waals surface area contributed by atoms with E-state index in [2.05, 4.69) is 42.9 Å². The van der Waals surface area contributed by atoms with Gasteiger partial charge in [-0.2, -0.15) is 4.98 Å². The molecule has 120 valence electrons. The lowest BCUT2D eigenvalue weighted by Crippen LogP contribution is -2.25. The maximum atomic E-state index is 5.69. The molecule has 2 heterocycles. The molecule has 0 spiro atoms. The lowest BCUT2D eigenvalue weighted by molar-refractivity contribution is 0.351. The first-order valence-corrected chi connectivity index (χ1v) is 8.46. The molecule has 1 aliphatic rings. The van der Waals surface area contributed by atoms with Crippen LogP contribution in [0.4, 0.5) is 6.01 Å². The van der Waals surface area contributed by atoms with E-state index in [0.29, 0.717) is 5.92 Å². The molecule has 0 amide bonds. The van der Waals surface area contributed by atoms with Crippen LogP contribution in [0.15, 0.2) is 10.7 Å². The van der Waals surface area contributed by atoms with Crippen LogP contribution in [0.3, 0.4) is 0 Å². The summed E-state index contributed by atoms with van der Waals surface area (Å²) in [4.78, 5) is 6.95. The average Bonchev–Trinajstić information content (AvgIpc) is 2.74. The fraction of sp³-hybridized carbons (Fsp3) is 0.824. The highest BCUT2D eigenvalue weighted by Crippen LogP contribution is 2.26. The van der Waals surface area contributed by atoms with Crippen LogP contribution in [0.1, 0.15) is 52.7 Å². The second-order valence-electron chi connectivity index (χ2n) is 7.07. The molecule has 2 rings (SSSR count). The number of hydrogen-bond donors (Lipinski definition) is 1. The molecule has 21 heavy (non-hydrogen) atoms. The fourth-order valence-corrected chi connectivity index (χ4v) is 2.99. The third-order valence-electron chi connectivity index (χ3n) is 4.38. The summed E-state index contributed by atoms with van der Waals surface area (Å²) in [5.41, 5.74) is 1.01. The first-order chi connectivity index (χ1) is 10.1. The number of anilines is 1. The first kappa shape index (κ1) is 16.3. The minimum atomic E-state index is 0.662. The molecule has 0 saturated carbocycles. The van der Waals surface area contributed by atoms with Gasteiger partial charge in [-0.05, 0) is 43.6 Å². The van der Waals surface area contributed by atoms with Crippen LogP contribution in [0.2, 0.25) is 0 Å². The maximum absolute atomic E-state index is 5.69. The van der Waals surface area contributed by atoms with E-state index in [0.717, 1.165) is 49.7 Å². The van der Waals surface area contributed by atoms with Crippen LogP contribution in [0.5, 0.6) is 0 Å². The molecule has 1 N–H and O–H groups in total. The summed E-state index contributed by atoms with van der Waals surface area (Å²) in [6.45, 7) is 13.1. The summed E-state index contributed by atoms with van der Waals surface area (Å²) in [7, 11) is 0. The number of nitrogens with one attached hydrogen (secondary N) is 1. The van der Waals surface area contributed by atoms with Crippen LogP contribution in [-0.2, 0) is 6.54 Å². The van der Waals surface area contributed by atoms with Gasteiger partial charge in [-0.3, -0.25) is 0 Å². The van der Waals surface area contributed by atoms with Gasteiger partial charge < -0.3 is 14.6 Å². The monoisotopic (exact) mass is 293 g/mol. The van der Waals surface area contributed by atoms with Crippen LogP contribution in [-0.4, -0.2) is 24.6 Å². The van der Waals surface area contributed by atoms with Crippen molar-refractivity contribution in [1.29, 1.82) is 0 Å². The van der Waals surface area contributed by atoms with Crippen LogP contribution >= 0.6 is 0 Å². The molecule has 0 radical (unpaired) electrons. The predicted molar refractivity (Wildman–Crippen MR) is 87.4 cm³/mol. The zero-order valence-corrected chi connectivity index (χ0v) is 14.1. The average molecular weight is 293 g/mol. The highest BCUT2D eigenvalue weighted by atomic mass is 16.4. The van der Waals surface area contributed by atoms with Gasteiger partial charge in [0.2, 0.25) is 0 Å². The molecule has 0 aliphatic carbocycles. The predicted octanol–water partition coefficient (Wildman–Crippen LogP) is 3.68. The minimum absolute atomic E-state index is 0.662. The lowest BCUT2D eigenvalue weighted by Gasteiger charge is -2.19. The van der Waals surface area contributed by atoms with E-state index >= 15 is 0 Å². The Morgan fingerprint density at radius 3 is 2.81 bits per heavy atom. The molecule has 4 heteroatoms. The second-order valence-corrected chi connectivity index (χ2v) is 7.07. The van der Waals surface area contributed by atoms with Crippen molar-refractivity contribution < 1.29 is 4.42 Å². The van der Waals surface area contributed by atoms with E-state index < -0.39 is 0 Å². The van der Waals surface area contributed by atoms with Crippen molar-refractivity contribution in [3.05, 3.63) is 12.0 Å². The Labute approximate surface area is 129 Å². The van der Waals surface area contributed by atoms with Crippen molar-refractivity contribution in [2.45, 2.75) is 53.5 Å². The normalized spacial score (nSPS) is 20.3. The van der Waals surface area contributed by atoms with Crippen LogP contribution in [0.25, 0.3) is 0 Å². The number of nitrogens with zero attached hydrogens (tertiary/aromatic N) is 2. The zero-order valence-electron chi connectivity index (χ0n) is 14.1. The summed E-state index contributed by atoms with van der Waals surface area (Å²) >= 11 is 0. The van der Waals surface area contributed by atoms with Crippen LogP contribution in [0, 0.1) is 17.8 Å². The van der Waals surface area contributed by atoms with Crippen molar-refractivity contribution in [2.24, 2.45) is 17.8 Å². The molecule has 1 saturated heterocycles. The lowest BCUT2D eigenvalue weighted by atomic mass is 9.89. The maximum Gasteiger partial charge on any atom is 0.297 e. The summed E-state index contributed by atoms with van der Waals surface area (Å²) in [6, 6.07) is 0.806. The van der Waals surface area contributed by atoms with Crippen molar-refractivity contribution >= 4 is 6.01 Å². The van der Waals surface area contributed by atoms with Gasteiger partial charge >= 0.3 is 0 Å². The Morgan fingerprint density at radius 1 is 1.29 bits per heavy atom. The highest BCUT2D eigenvalue weighted by Gasteiger charge is 2.21. The number of rotatable bonds is 6. The quantitative estimate of drug-likeness (QED) is 0.868. The Morgan fingerprint density at radius 2 is 2.10 bits per heavy atom. The van der Waals surface area contributed by atoms with Crippen molar-refractivity contribution in [2.75, 3.05) is 24.5 Å². The van der Waals surface area contributed by atoms with Gasteiger partial charge in [0.1, 0.15) is 6.26 Å². The van der Waals surface area contributed by atoms with Crippen molar-refractivity contribution in [3.8, 4) is 0 Å². The molecular formula is C17H31N3O. The third kappa shape index (κ3) is 5.03. The fourth-order valence-electron chi connectivity index (χ4n) is 2.99. The largest absolute Gasteiger partial charge is 0.432 e. The molecule has 1 unspecified atom stereocenters. The van der Waals surface area contributed by atoms with Crippen LogP contribution < -0.4 is 10.2 Å². The standard InChI is InChI=1S/C17H31N3O/c1-13(2)10-18-11-16-12-21-17(19-16)20-8-5-6-15(7-9-20)14(3)4/h12-15,18H,5-11H2,1-4H3. The number of oxazole rings is 1. The van der Waals surface area contributed by atoms with Gasteiger partial charge in [-0.15, -0.1) is 0 Å². The second kappa shape index (κ2) is 7.83. The summed E-state index contributed by atoms with van der Waals surface area (Å²) in [6.07, 6.45) is 5.62. The van der Waals surface area contributed by atoms with Gasteiger partial charge in [0, 0.05) is 19.6 Å². The molecular weight excluding hydrogens is 262 g/mol. The molecule has 4 nitrogen and oxygen atoms in total. The Kier molecular flexibility index (Phi) is 6.09. The topological polar surface area (TPSA) is 41.3 Å². The summed E-state index contributed by atoms with van der Waals surface area (Å²) in [5, 5.41) is 3.41. The molecule has 0 aromatic carbocycles. The van der Waals surface area contributed by atoms with Crippen molar-refractivity contribution in [1.82, 2.24) is 10.3 Å². The van der Waals surface area contributed by atoms with E-state index in [1.165, 1.54) is 19.3 Å². The van der Waals surface area contributed by atoms with Gasteiger partial charge in [-0.1, -0.05) is 27.7 Å². The van der Waals surface area contributed by atoms with E-state index in [1.54, 1.807) is 6.26 Å². The van der Waals surface area contributed by atoms with Gasteiger partial charge in [0.25, 0.3) is 6.01 Å². The van der Waals surface area contributed by atoms with E-state index in [1.807, 2.05) is 0 Å². The Hall–Kier alpha value is -1.03. The third-order valence-corrected chi connectivity index (χ3v) is 4.38. The SMILES string of the molecule is CC(C)CNCc1coc(N2CCCC(C(C)C)CC2)n1. The Bertz CT molecular complexity index is 414. The minimum Gasteiger partial charge on any atom is -0.432 e. The van der Waals surface area contributed by atoms with E-state index in [4.69, 9.17) is 4.42 Å². The van der Waals surface area contributed by atoms with Gasteiger partial charge in [-0.25, -0.2) is 0 Å². The van der Waals surface area contributed by atoms with Gasteiger partial charge in [0.15, 0.2) is 0 Å². The number of hydrogen-bond acceptors (Lipinski definition) is 4.